The number of amides is 2. The summed E-state index contributed by atoms with van der Waals surface area (Å²) in [5.74, 6) is 0.0870. The summed E-state index contributed by atoms with van der Waals surface area (Å²) < 4.78 is 0. The zero-order chi connectivity index (χ0) is 17.7. The van der Waals surface area contributed by atoms with Crippen LogP contribution in [0.25, 0.3) is 0 Å². The van der Waals surface area contributed by atoms with E-state index in [2.05, 4.69) is 10.6 Å². The average molecular weight is 332 g/mol. The maximum atomic E-state index is 12.3. The van der Waals surface area contributed by atoms with Crippen LogP contribution in [0, 0.1) is 12.8 Å². The van der Waals surface area contributed by atoms with Crippen LogP contribution < -0.4 is 10.6 Å². The maximum absolute atomic E-state index is 12.3. The van der Waals surface area contributed by atoms with Gasteiger partial charge in [-0.2, -0.15) is 0 Å². The molecule has 2 rings (SSSR count). The van der Waals surface area contributed by atoms with Gasteiger partial charge in [0, 0.05) is 24.2 Å². The summed E-state index contributed by atoms with van der Waals surface area (Å²) in [7, 11) is 0. The molecule has 5 nitrogen and oxygen atoms in total. The second-order valence-corrected chi connectivity index (χ2v) is 7.29. The molecule has 0 unspecified atom stereocenters. The Labute approximate surface area is 143 Å². The zero-order valence-electron chi connectivity index (χ0n) is 14.8. The summed E-state index contributed by atoms with van der Waals surface area (Å²) in [6, 6.07) is 5.22. The van der Waals surface area contributed by atoms with Crippen molar-refractivity contribution in [3.63, 3.8) is 0 Å². The predicted molar refractivity (Wildman–Crippen MR) is 95.0 cm³/mol. The number of carbonyl (C=O) groups excluding carboxylic acids is 2. The third-order valence-corrected chi connectivity index (χ3v) is 4.47. The Morgan fingerprint density at radius 1 is 1.25 bits per heavy atom. The second kappa shape index (κ2) is 7.79. The van der Waals surface area contributed by atoms with Crippen molar-refractivity contribution >= 4 is 17.5 Å². The first-order valence-corrected chi connectivity index (χ1v) is 8.70. The lowest BCUT2D eigenvalue weighted by Crippen LogP contribution is -2.40. The number of anilines is 1. The van der Waals surface area contributed by atoms with E-state index in [1.54, 1.807) is 18.2 Å². The number of rotatable bonds is 6. The molecular weight excluding hydrogens is 304 g/mol. The minimum atomic E-state index is -0.754. The van der Waals surface area contributed by atoms with Crippen LogP contribution in [-0.4, -0.2) is 29.1 Å². The lowest BCUT2D eigenvalue weighted by atomic mass is 10.0. The molecule has 1 aromatic carbocycles. The zero-order valence-corrected chi connectivity index (χ0v) is 14.8. The van der Waals surface area contributed by atoms with Crippen LogP contribution in [-0.2, 0) is 4.79 Å². The van der Waals surface area contributed by atoms with E-state index in [9.17, 15) is 14.7 Å². The van der Waals surface area contributed by atoms with E-state index >= 15 is 0 Å². The first kappa shape index (κ1) is 18.5. The van der Waals surface area contributed by atoms with Gasteiger partial charge in [-0.25, -0.2) is 0 Å². The fraction of sp³-hybridized carbons (Fsp3) is 0.579. The molecule has 1 aliphatic carbocycles. The van der Waals surface area contributed by atoms with Crippen molar-refractivity contribution in [2.45, 2.75) is 58.5 Å². The molecule has 2 amide bonds. The smallest absolute Gasteiger partial charge is 0.251 e. The van der Waals surface area contributed by atoms with Crippen LogP contribution in [0.2, 0.25) is 0 Å². The van der Waals surface area contributed by atoms with Gasteiger partial charge in [-0.15, -0.1) is 0 Å². The molecule has 1 aromatic rings. The fourth-order valence-electron chi connectivity index (χ4n) is 3.07. The molecule has 0 bridgehead atoms. The third-order valence-electron chi connectivity index (χ3n) is 4.47. The van der Waals surface area contributed by atoms with Gasteiger partial charge in [0.05, 0.1) is 5.60 Å². The van der Waals surface area contributed by atoms with Crippen molar-refractivity contribution in [2.75, 3.05) is 11.9 Å². The van der Waals surface area contributed by atoms with E-state index in [-0.39, 0.29) is 18.4 Å². The number of hydrogen-bond acceptors (Lipinski definition) is 3. The average Bonchev–Trinajstić information content (AvgIpc) is 2.93. The molecule has 0 saturated heterocycles. The Bertz CT molecular complexity index is 605. The summed E-state index contributed by atoms with van der Waals surface area (Å²) in [4.78, 5) is 24.1. The molecule has 24 heavy (non-hydrogen) atoms. The number of nitrogens with one attached hydrogen (secondary N) is 2. The van der Waals surface area contributed by atoms with Crippen molar-refractivity contribution in [3.8, 4) is 0 Å². The minimum absolute atomic E-state index is 0.0197. The molecule has 3 N–H and O–H groups in total. The molecule has 0 aliphatic heterocycles. The van der Waals surface area contributed by atoms with E-state index in [0.29, 0.717) is 17.9 Å². The highest BCUT2D eigenvalue weighted by Crippen LogP contribution is 2.28. The van der Waals surface area contributed by atoms with Crippen LogP contribution in [0.15, 0.2) is 18.2 Å². The van der Waals surface area contributed by atoms with Crippen LogP contribution in [0.1, 0.15) is 61.9 Å². The standard InChI is InChI=1S/C19H28N2O3/c1-13(2)10-17(22)21-16-7-6-15(11-14(16)3)18(23)20-12-19(24)8-4-5-9-19/h6-7,11,13,24H,4-5,8-10,12H2,1-3H3,(H,20,23)(H,21,22). The summed E-state index contributed by atoms with van der Waals surface area (Å²) >= 11 is 0. The fourth-order valence-corrected chi connectivity index (χ4v) is 3.07. The monoisotopic (exact) mass is 332 g/mol. The SMILES string of the molecule is Cc1cc(C(=O)NCC2(O)CCCC2)ccc1NC(=O)CC(C)C. The van der Waals surface area contributed by atoms with E-state index in [4.69, 9.17) is 0 Å². The molecule has 0 spiro atoms. The lowest BCUT2D eigenvalue weighted by molar-refractivity contribution is -0.116. The highest BCUT2D eigenvalue weighted by atomic mass is 16.3. The lowest BCUT2D eigenvalue weighted by Gasteiger charge is -2.22. The highest BCUT2D eigenvalue weighted by molar-refractivity contribution is 5.96. The maximum Gasteiger partial charge on any atom is 0.251 e. The molecular formula is C19H28N2O3. The van der Waals surface area contributed by atoms with Gasteiger partial charge in [0.2, 0.25) is 5.91 Å². The summed E-state index contributed by atoms with van der Waals surface area (Å²) in [6.45, 7) is 6.15. The summed E-state index contributed by atoms with van der Waals surface area (Å²) in [5, 5.41) is 16.0. The number of aliphatic hydroxyl groups is 1. The third kappa shape index (κ3) is 5.06. The Balaban J connectivity index is 1.95. The van der Waals surface area contributed by atoms with Crippen molar-refractivity contribution in [1.29, 1.82) is 0 Å². The molecule has 0 heterocycles. The van der Waals surface area contributed by atoms with E-state index < -0.39 is 5.60 Å². The van der Waals surface area contributed by atoms with Gasteiger partial charge in [-0.3, -0.25) is 9.59 Å². The Morgan fingerprint density at radius 3 is 2.50 bits per heavy atom. The van der Waals surface area contributed by atoms with Crippen LogP contribution in [0.4, 0.5) is 5.69 Å². The van der Waals surface area contributed by atoms with Crippen molar-refractivity contribution in [2.24, 2.45) is 5.92 Å². The predicted octanol–water partition coefficient (Wildman–Crippen LogP) is 3.01. The van der Waals surface area contributed by atoms with Gasteiger partial charge >= 0.3 is 0 Å². The van der Waals surface area contributed by atoms with Gasteiger partial charge in [-0.1, -0.05) is 26.7 Å². The molecule has 0 aromatic heterocycles. The molecule has 1 aliphatic rings. The summed E-state index contributed by atoms with van der Waals surface area (Å²) in [6.07, 6.45) is 3.98. The molecule has 1 saturated carbocycles. The highest BCUT2D eigenvalue weighted by Gasteiger charge is 2.31. The van der Waals surface area contributed by atoms with E-state index in [1.165, 1.54) is 0 Å². The first-order chi connectivity index (χ1) is 11.3. The number of benzene rings is 1. The van der Waals surface area contributed by atoms with Crippen molar-refractivity contribution < 1.29 is 14.7 Å². The minimum Gasteiger partial charge on any atom is -0.388 e. The van der Waals surface area contributed by atoms with E-state index in [1.807, 2.05) is 20.8 Å². The quantitative estimate of drug-likeness (QED) is 0.749. The Morgan fingerprint density at radius 2 is 1.92 bits per heavy atom. The van der Waals surface area contributed by atoms with E-state index in [0.717, 1.165) is 36.9 Å². The van der Waals surface area contributed by atoms with Crippen molar-refractivity contribution in [1.82, 2.24) is 5.32 Å². The van der Waals surface area contributed by atoms with Gasteiger partial charge < -0.3 is 15.7 Å². The van der Waals surface area contributed by atoms with Gasteiger partial charge in [0.15, 0.2) is 0 Å². The number of carbonyl (C=O) groups is 2. The van der Waals surface area contributed by atoms with Gasteiger partial charge in [0.1, 0.15) is 0 Å². The normalized spacial score (nSPS) is 16.2. The van der Waals surface area contributed by atoms with Crippen LogP contribution in [0.5, 0.6) is 0 Å². The number of aryl methyl sites for hydroxylation is 1. The molecule has 132 valence electrons. The topological polar surface area (TPSA) is 78.4 Å². The van der Waals surface area contributed by atoms with Crippen LogP contribution >= 0.6 is 0 Å². The molecule has 0 atom stereocenters. The Kier molecular flexibility index (Phi) is 5.99. The second-order valence-electron chi connectivity index (χ2n) is 7.29. The molecule has 5 heteroatoms. The summed E-state index contributed by atoms with van der Waals surface area (Å²) in [5.41, 5.74) is 1.36. The Hall–Kier alpha value is -1.88. The largest absolute Gasteiger partial charge is 0.388 e. The van der Waals surface area contributed by atoms with Gasteiger partial charge in [0.25, 0.3) is 5.91 Å². The van der Waals surface area contributed by atoms with Gasteiger partial charge in [-0.05, 0) is 49.4 Å². The molecule has 1 fully saturated rings. The first-order valence-electron chi connectivity index (χ1n) is 8.70. The van der Waals surface area contributed by atoms with Crippen molar-refractivity contribution in [3.05, 3.63) is 29.3 Å². The number of hydrogen-bond donors (Lipinski definition) is 3. The van der Waals surface area contributed by atoms with Crippen LogP contribution in [0.3, 0.4) is 0 Å². The molecule has 0 radical (unpaired) electrons.